The monoisotopic (exact) mass is 491 g/mol. The number of rotatable bonds is 8. The van der Waals surface area contributed by atoms with Crippen LogP contribution in [0.15, 0.2) is 70.7 Å². The molecule has 0 aliphatic heterocycles. The summed E-state index contributed by atoms with van der Waals surface area (Å²) in [5.74, 6) is -0.296. The molecule has 33 heavy (non-hydrogen) atoms. The summed E-state index contributed by atoms with van der Waals surface area (Å²) in [7, 11) is -4.14. The van der Waals surface area contributed by atoms with Gasteiger partial charge in [0.2, 0.25) is 0 Å². The molecule has 0 amide bonds. The lowest BCUT2D eigenvalue weighted by atomic mass is 10.2. The quantitative estimate of drug-likeness (QED) is 0.239. The zero-order valence-corrected chi connectivity index (χ0v) is 17.9. The summed E-state index contributed by atoms with van der Waals surface area (Å²) in [6, 6.07) is 12.2. The van der Waals surface area contributed by atoms with Crippen LogP contribution >= 0.6 is 11.6 Å². The van der Waals surface area contributed by atoms with Crippen LogP contribution in [-0.2, 0) is 10.0 Å². The Morgan fingerprint density at radius 3 is 2.30 bits per heavy atom. The maximum absolute atomic E-state index is 12.6. The predicted molar refractivity (Wildman–Crippen MR) is 121 cm³/mol. The number of halogens is 1. The van der Waals surface area contributed by atoms with Gasteiger partial charge in [-0.25, -0.2) is 8.42 Å². The highest BCUT2D eigenvalue weighted by molar-refractivity contribution is 7.92. The number of nitrogens with one attached hydrogen (secondary N) is 2. The molecule has 170 valence electrons. The normalized spacial score (nSPS) is 11.3. The third-order valence-electron chi connectivity index (χ3n) is 4.18. The molecule has 14 heteroatoms. The first-order chi connectivity index (χ1) is 15.6. The van der Waals surface area contributed by atoms with Gasteiger partial charge < -0.3 is 5.11 Å². The number of non-ortho nitro benzene ring substituents is 1. The molecule has 0 spiro atoms. The predicted octanol–water partition coefficient (Wildman–Crippen LogP) is 4.11. The van der Waals surface area contributed by atoms with Crippen molar-refractivity contribution >= 4 is 50.6 Å². The van der Waals surface area contributed by atoms with Gasteiger partial charge in [-0.3, -0.25) is 30.4 Å². The first-order valence-electron chi connectivity index (χ1n) is 8.90. The topological polar surface area (TPSA) is 177 Å². The van der Waals surface area contributed by atoms with E-state index in [1.807, 2.05) is 0 Å². The van der Waals surface area contributed by atoms with Gasteiger partial charge in [-0.05, 0) is 42.5 Å². The molecule has 0 heterocycles. The molecule has 0 fully saturated rings. The average Bonchev–Trinajstić information content (AvgIpc) is 2.76. The van der Waals surface area contributed by atoms with Crippen molar-refractivity contribution in [1.82, 2.24) is 0 Å². The first kappa shape index (κ1) is 23.4. The first-order valence-corrected chi connectivity index (χ1v) is 10.8. The molecular formula is C19H14ClN5O7S. The largest absolute Gasteiger partial charge is 0.507 e. The van der Waals surface area contributed by atoms with Crippen molar-refractivity contribution in [2.45, 2.75) is 4.90 Å². The Morgan fingerprint density at radius 2 is 1.67 bits per heavy atom. The van der Waals surface area contributed by atoms with E-state index in [2.05, 4.69) is 15.2 Å². The van der Waals surface area contributed by atoms with Gasteiger partial charge in [0.05, 0.1) is 21.0 Å². The number of benzene rings is 3. The molecule has 0 saturated heterocycles. The third-order valence-corrected chi connectivity index (χ3v) is 5.81. The van der Waals surface area contributed by atoms with E-state index in [1.54, 1.807) is 0 Å². The summed E-state index contributed by atoms with van der Waals surface area (Å²) in [6.07, 6.45) is 1.03. The number of hydrogen-bond donors (Lipinski definition) is 3. The molecular weight excluding hydrogens is 478 g/mol. The highest BCUT2D eigenvalue weighted by Gasteiger charge is 2.21. The molecule has 0 atom stereocenters. The standard InChI is InChI=1S/C19H14ClN5O7S/c20-13-1-3-14(4-2-13)23-33(31,32)16-6-7-17(18(10-16)25(29)30)22-21-11-12-9-15(24(27)28)5-8-19(12)26/h1-11,22-23,26H/b21-11+. The molecule has 3 aromatic rings. The van der Waals surface area contributed by atoms with Gasteiger partial charge in [-0.1, -0.05) is 11.6 Å². The van der Waals surface area contributed by atoms with Crippen molar-refractivity contribution in [3.8, 4) is 5.75 Å². The number of anilines is 2. The number of hydrogen-bond acceptors (Lipinski definition) is 9. The fourth-order valence-corrected chi connectivity index (χ4v) is 3.79. The number of nitro groups is 2. The van der Waals surface area contributed by atoms with Gasteiger partial charge in [-0.2, -0.15) is 5.10 Å². The molecule has 0 unspecified atom stereocenters. The van der Waals surface area contributed by atoms with Crippen molar-refractivity contribution in [3.63, 3.8) is 0 Å². The van der Waals surface area contributed by atoms with E-state index in [0.717, 1.165) is 42.6 Å². The third kappa shape index (κ3) is 5.72. The lowest BCUT2D eigenvalue weighted by Gasteiger charge is -2.09. The SMILES string of the molecule is O=[N+]([O-])c1ccc(O)c(/C=N/Nc2ccc(S(=O)(=O)Nc3ccc(Cl)cc3)cc2[N+](=O)[O-])c1. The second-order valence-electron chi connectivity index (χ2n) is 6.42. The van der Waals surface area contributed by atoms with Crippen LogP contribution < -0.4 is 10.1 Å². The van der Waals surface area contributed by atoms with Gasteiger partial charge in [0.1, 0.15) is 11.4 Å². The number of nitro benzene ring substituents is 2. The number of phenolic OH excluding ortho intramolecular Hbond substituents is 1. The van der Waals surface area contributed by atoms with Crippen molar-refractivity contribution in [1.29, 1.82) is 0 Å². The minimum absolute atomic E-state index is 0.00860. The van der Waals surface area contributed by atoms with E-state index in [1.165, 1.54) is 24.3 Å². The molecule has 0 aliphatic carbocycles. The summed E-state index contributed by atoms with van der Waals surface area (Å²) < 4.78 is 27.5. The molecule has 0 aliphatic rings. The van der Waals surface area contributed by atoms with Crippen molar-refractivity contribution < 1.29 is 23.4 Å². The van der Waals surface area contributed by atoms with Gasteiger partial charge >= 0.3 is 0 Å². The molecule has 0 radical (unpaired) electrons. The van der Waals surface area contributed by atoms with E-state index in [-0.39, 0.29) is 33.3 Å². The van der Waals surface area contributed by atoms with E-state index >= 15 is 0 Å². The Morgan fingerprint density at radius 1 is 0.970 bits per heavy atom. The van der Waals surface area contributed by atoms with Crippen LogP contribution in [0.1, 0.15) is 5.56 Å². The fourth-order valence-electron chi connectivity index (χ4n) is 2.59. The molecule has 0 saturated carbocycles. The van der Waals surface area contributed by atoms with Crippen molar-refractivity contribution in [2.24, 2.45) is 5.10 Å². The Hall–Kier alpha value is -4.23. The van der Waals surface area contributed by atoms with Crippen molar-refractivity contribution in [3.05, 3.63) is 91.5 Å². The maximum Gasteiger partial charge on any atom is 0.295 e. The Bertz CT molecular complexity index is 1360. The van der Waals surface area contributed by atoms with E-state index in [9.17, 15) is 33.8 Å². The Kier molecular flexibility index (Phi) is 6.75. The van der Waals surface area contributed by atoms with Gasteiger partial charge in [-0.15, -0.1) is 0 Å². The van der Waals surface area contributed by atoms with Gasteiger partial charge in [0, 0.05) is 34.5 Å². The smallest absolute Gasteiger partial charge is 0.295 e. The minimum Gasteiger partial charge on any atom is -0.507 e. The highest BCUT2D eigenvalue weighted by atomic mass is 35.5. The lowest BCUT2D eigenvalue weighted by molar-refractivity contribution is -0.384. The molecule has 0 bridgehead atoms. The number of sulfonamides is 1. The Balaban J connectivity index is 1.85. The van der Waals surface area contributed by atoms with E-state index < -0.39 is 25.6 Å². The summed E-state index contributed by atoms with van der Waals surface area (Å²) >= 11 is 5.77. The Labute approximate surface area is 191 Å². The molecule has 3 N–H and O–H groups in total. The molecule has 3 aromatic carbocycles. The van der Waals surface area contributed by atoms with Crippen LogP contribution in [-0.4, -0.2) is 29.6 Å². The summed E-state index contributed by atoms with van der Waals surface area (Å²) in [5.41, 5.74) is 1.55. The molecule has 0 aromatic heterocycles. The second kappa shape index (κ2) is 9.50. The zero-order chi connectivity index (χ0) is 24.2. The summed E-state index contributed by atoms with van der Waals surface area (Å²) in [4.78, 5) is 20.5. The van der Waals surface area contributed by atoms with Crippen molar-refractivity contribution in [2.75, 3.05) is 10.1 Å². The number of phenols is 1. The van der Waals surface area contributed by atoms with Crippen LogP contribution in [0, 0.1) is 20.2 Å². The minimum atomic E-state index is -4.14. The number of aromatic hydroxyl groups is 1. The second-order valence-corrected chi connectivity index (χ2v) is 8.54. The van der Waals surface area contributed by atoms with Crippen LogP contribution in [0.2, 0.25) is 5.02 Å². The van der Waals surface area contributed by atoms with Crippen LogP contribution in [0.5, 0.6) is 5.75 Å². The fraction of sp³-hybridized carbons (Fsp3) is 0. The average molecular weight is 492 g/mol. The lowest BCUT2D eigenvalue weighted by Crippen LogP contribution is -2.13. The van der Waals surface area contributed by atoms with E-state index in [4.69, 9.17) is 11.6 Å². The summed E-state index contributed by atoms with van der Waals surface area (Å²) in [6.45, 7) is 0. The zero-order valence-electron chi connectivity index (χ0n) is 16.4. The van der Waals surface area contributed by atoms with Crippen LogP contribution in [0.25, 0.3) is 0 Å². The van der Waals surface area contributed by atoms with Gasteiger partial charge in [0.15, 0.2) is 0 Å². The van der Waals surface area contributed by atoms with Gasteiger partial charge in [0.25, 0.3) is 21.4 Å². The maximum atomic E-state index is 12.6. The number of nitrogens with zero attached hydrogens (tertiary/aromatic N) is 3. The molecule has 12 nitrogen and oxygen atoms in total. The van der Waals surface area contributed by atoms with Crippen LogP contribution in [0.3, 0.4) is 0 Å². The van der Waals surface area contributed by atoms with E-state index in [0.29, 0.717) is 5.02 Å². The molecule has 3 rings (SSSR count). The number of hydrazone groups is 1. The van der Waals surface area contributed by atoms with Crippen LogP contribution in [0.4, 0.5) is 22.7 Å². The highest BCUT2D eigenvalue weighted by Crippen LogP contribution is 2.29. The summed E-state index contributed by atoms with van der Waals surface area (Å²) in [5, 5.41) is 36.3.